The van der Waals surface area contributed by atoms with Gasteiger partial charge in [-0.05, 0) is 19.1 Å². The monoisotopic (exact) mass is 399 g/mol. The van der Waals surface area contributed by atoms with Crippen LogP contribution < -0.4 is 10.1 Å². The van der Waals surface area contributed by atoms with Crippen molar-refractivity contribution in [1.82, 2.24) is 19.8 Å². The van der Waals surface area contributed by atoms with E-state index in [1.54, 1.807) is 36.1 Å². The fourth-order valence-electron chi connectivity index (χ4n) is 3.06. The number of piperazine rings is 1. The second-order valence-electron chi connectivity index (χ2n) is 6.41. The molecule has 1 saturated heterocycles. The Morgan fingerprint density at radius 2 is 1.83 bits per heavy atom. The van der Waals surface area contributed by atoms with Crippen molar-refractivity contribution >= 4 is 17.9 Å². The van der Waals surface area contributed by atoms with E-state index in [0.717, 1.165) is 11.3 Å². The molecule has 0 saturated carbocycles. The lowest BCUT2D eigenvalue weighted by Crippen LogP contribution is -2.50. The third-order valence-corrected chi connectivity index (χ3v) is 4.60. The van der Waals surface area contributed by atoms with Gasteiger partial charge < -0.3 is 24.6 Å². The van der Waals surface area contributed by atoms with E-state index in [0.29, 0.717) is 51.0 Å². The molecule has 1 aromatic heterocycles. The number of rotatable bonds is 6. The summed E-state index contributed by atoms with van der Waals surface area (Å²) in [7, 11) is 1.62. The van der Waals surface area contributed by atoms with Gasteiger partial charge in [0.1, 0.15) is 11.4 Å². The number of benzene rings is 1. The van der Waals surface area contributed by atoms with Crippen LogP contribution in [0.1, 0.15) is 23.0 Å². The lowest BCUT2D eigenvalue weighted by atomic mass is 10.2. The van der Waals surface area contributed by atoms with Gasteiger partial charge in [-0.25, -0.2) is 14.8 Å². The minimum atomic E-state index is -0.343. The normalized spacial score (nSPS) is 13.7. The van der Waals surface area contributed by atoms with Crippen LogP contribution in [0.5, 0.6) is 5.75 Å². The summed E-state index contributed by atoms with van der Waals surface area (Å²) in [5.41, 5.74) is 1.28. The van der Waals surface area contributed by atoms with Crippen molar-refractivity contribution in [2.75, 3.05) is 45.2 Å². The Bertz CT molecular complexity index is 852. The van der Waals surface area contributed by atoms with E-state index < -0.39 is 0 Å². The number of amides is 2. The third-order valence-electron chi connectivity index (χ3n) is 4.60. The smallest absolute Gasteiger partial charge is 0.409 e. The number of hydrogen-bond donors (Lipinski definition) is 1. The van der Waals surface area contributed by atoms with Gasteiger partial charge in [0.05, 0.1) is 13.7 Å². The highest BCUT2D eigenvalue weighted by Gasteiger charge is 2.26. The van der Waals surface area contributed by atoms with Crippen LogP contribution in [0.4, 0.5) is 10.7 Å². The molecule has 2 amide bonds. The zero-order chi connectivity index (χ0) is 20.6. The third kappa shape index (κ3) is 5.13. The zero-order valence-electron chi connectivity index (χ0n) is 16.6. The first-order valence-corrected chi connectivity index (χ1v) is 9.52. The van der Waals surface area contributed by atoms with Crippen molar-refractivity contribution in [3.8, 4) is 5.75 Å². The van der Waals surface area contributed by atoms with E-state index in [-0.39, 0.29) is 12.0 Å². The molecular formula is C20H25N5O4. The molecule has 29 heavy (non-hydrogen) atoms. The number of para-hydroxylation sites is 1. The Balaban J connectivity index is 1.59. The molecule has 0 spiro atoms. The quantitative estimate of drug-likeness (QED) is 0.794. The SMILES string of the molecule is CCOC(=O)N1CCN(C(=O)c2ccnc(NCc3ccccc3OC)n2)CC1. The van der Waals surface area contributed by atoms with Gasteiger partial charge >= 0.3 is 6.09 Å². The van der Waals surface area contributed by atoms with Crippen LogP contribution in [0.2, 0.25) is 0 Å². The van der Waals surface area contributed by atoms with Gasteiger partial charge in [0.25, 0.3) is 5.91 Å². The minimum Gasteiger partial charge on any atom is -0.496 e. The predicted molar refractivity (Wildman–Crippen MR) is 107 cm³/mol. The number of hydrogen-bond acceptors (Lipinski definition) is 7. The summed E-state index contributed by atoms with van der Waals surface area (Å²) in [6, 6.07) is 9.25. The molecule has 0 unspecified atom stereocenters. The average Bonchev–Trinajstić information content (AvgIpc) is 2.78. The Morgan fingerprint density at radius 3 is 2.55 bits per heavy atom. The molecule has 0 aliphatic carbocycles. The van der Waals surface area contributed by atoms with Gasteiger partial charge in [-0.3, -0.25) is 4.79 Å². The maximum atomic E-state index is 12.8. The van der Waals surface area contributed by atoms with Crippen molar-refractivity contribution in [1.29, 1.82) is 0 Å². The highest BCUT2D eigenvalue weighted by atomic mass is 16.6. The van der Waals surface area contributed by atoms with E-state index in [2.05, 4.69) is 15.3 Å². The van der Waals surface area contributed by atoms with Gasteiger partial charge in [0.2, 0.25) is 5.95 Å². The highest BCUT2D eigenvalue weighted by molar-refractivity contribution is 5.92. The number of aromatic nitrogens is 2. The van der Waals surface area contributed by atoms with E-state index >= 15 is 0 Å². The molecular weight excluding hydrogens is 374 g/mol. The van der Waals surface area contributed by atoms with Crippen molar-refractivity contribution in [2.45, 2.75) is 13.5 Å². The largest absolute Gasteiger partial charge is 0.496 e. The van der Waals surface area contributed by atoms with Crippen LogP contribution in [0.3, 0.4) is 0 Å². The van der Waals surface area contributed by atoms with Crippen molar-refractivity contribution < 1.29 is 19.1 Å². The number of carbonyl (C=O) groups excluding carboxylic acids is 2. The number of ether oxygens (including phenoxy) is 2. The summed E-state index contributed by atoms with van der Waals surface area (Å²) in [4.78, 5) is 36.4. The lowest BCUT2D eigenvalue weighted by molar-refractivity contribution is 0.0566. The molecule has 1 aliphatic heterocycles. The van der Waals surface area contributed by atoms with E-state index in [1.807, 2.05) is 24.3 Å². The van der Waals surface area contributed by atoms with Crippen LogP contribution in [0.15, 0.2) is 36.5 Å². The van der Waals surface area contributed by atoms with Gasteiger partial charge in [-0.2, -0.15) is 0 Å². The molecule has 0 atom stereocenters. The number of methoxy groups -OCH3 is 1. The summed E-state index contributed by atoms with van der Waals surface area (Å²) < 4.78 is 10.3. The number of anilines is 1. The molecule has 0 radical (unpaired) electrons. The maximum Gasteiger partial charge on any atom is 0.409 e. The highest BCUT2D eigenvalue weighted by Crippen LogP contribution is 2.18. The van der Waals surface area contributed by atoms with Gasteiger partial charge in [0, 0.05) is 44.5 Å². The number of nitrogens with one attached hydrogen (secondary N) is 1. The molecule has 9 heteroatoms. The number of nitrogens with zero attached hydrogens (tertiary/aromatic N) is 4. The van der Waals surface area contributed by atoms with E-state index in [9.17, 15) is 9.59 Å². The Labute approximate surface area is 169 Å². The van der Waals surface area contributed by atoms with Crippen LogP contribution in [0, 0.1) is 0 Å². The number of carbonyl (C=O) groups is 2. The summed E-state index contributed by atoms with van der Waals surface area (Å²) in [6.45, 7) is 4.33. The molecule has 1 aliphatic rings. The maximum absolute atomic E-state index is 12.8. The predicted octanol–water partition coefficient (Wildman–Crippen LogP) is 2.01. The summed E-state index contributed by atoms with van der Waals surface area (Å²) in [5.74, 6) is 0.954. The van der Waals surface area contributed by atoms with E-state index in [1.165, 1.54) is 0 Å². The van der Waals surface area contributed by atoms with Crippen molar-refractivity contribution in [3.63, 3.8) is 0 Å². The van der Waals surface area contributed by atoms with Crippen LogP contribution >= 0.6 is 0 Å². The summed E-state index contributed by atoms with van der Waals surface area (Å²) in [5, 5.41) is 3.13. The standard InChI is InChI=1S/C20H25N5O4/c1-3-29-20(27)25-12-10-24(11-13-25)18(26)16-8-9-21-19(23-16)22-14-15-6-4-5-7-17(15)28-2/h4-9H,3,10-14H2,1-2H3,(H,21,22,23). The summed E-state index contributed by atoms with van der Waals surface area (Å²) >= 11 is 0. The Kier molecular flexibility index (Phi) is 6.83. The second kappa shape index (κ2) is 9.72. The first-order valence-electron chi connectivity index (χ1n) is 9.52. The fourth-order valence-corrected chi connectivity index (χ4v) is 3.06. The fraction of sp³-hybridized carbons (Fsp3) is 0.400. The van der Waals surface area contributed by atoms with Gasteiger partial charge in [-0.15, -0.1) is 0 Å². The molecule has 154 valence electrons. The van der Waals surface area contributed by atoms with Crippen LogP contribution in [-0.4, -0.2) is 71.7 Å². The molecule has 1 fully saturated rings. The first kappa shape index (κ1) is 20.4. The van der Waals surface area contributed by atoms with E-state index in [4.69, 9.17) is 9.47 Å². The van der Waals surface area contributed by atoms with Gasteiger partial charge in [0.15, 0.2) is 0 Å². The molecule has 2 aromatic rings. The molecule has 0 bridgehead atoms. The summed E-state index contributed by atoms with van der Waals surface area (Å²) in [6.07, 6.45) is 1.21. The molecule has 3 rings (SSSR count). The van der Waals surface area contributed by atoms with Crippen molar-refractivity contribution in [2.24, 2.45) is 0 Å². The topological polar surface area (TPSA) is 96.9 Å². The molecule has 2 heterocycles. The second-order valence-corrected chi connectivity index (χ2v) is 6.41. The zero-order valence-corrected chi connectivity index (χ0v) is 16.6. The van der Waals surface area contributed by atoms with Crippen LogP contribution in [0.25, 0.3) is 0 Å². The Morgan fingerprint density at radius 1 is 1.10 bits per heavy atom. The first-order chi connectivity index (χ1) is 14.1. The molecule has 1 aromatic carbocycles. The minimum absolute atomic E-state index is 0.184. The molecule has 1 N–H and O–H groups in total. The van der Waals surface area contributed by atoms with Gasteiger partial charge in [-0.1, -0.05) is 18.2 Å². The Hall–Kier alpha value is -3.36. The van der Waals surface area contributed by atoms with Crippen molar-refractivity contribution in [3.05, 3.63) is 47.8 Å². The van der Waals surface area contributed by atoms with Crippen LogP contribution in [-0.2, 0) is 11.3 Å². The average molecular weight is 399 g/mol. The molecule has 9 nitrogen and oxygen atoms in total. The lowest BCUT2D eigenvalue weighted by Gasteiger charge is -2.33.